The maximum absolute atomic E-state index is 6.15. The van der Waals surface area contributed by atoms with E-state index in [9.17, 15) is 0 Å². The molecule has 1 aliphatic carbocycles. The van der Waals surface area contributed by atoms with Gasteiger partial charge in [0.15, 0.2) is 0 Å². The van der Waals surface area contributed by atoms with Crippen molar-refractivity contribution in [3.8, 4) is 5.75 Å². The fourth-order valence-electron chi connectivity index (χ4n) is 3.42. The van der Waals surface area contributed by atoms with Crippen molar-refractivity contribution in [3.05, 3.63) is 64.7 Å². The summed E-state index contributed by atoms with van der Waals surface area (Å²) in [4.78, 5) is 0. The summed E-state index contributed by atoms with van der Waals surface area (Å²) < 4.78 is 12.1. The highest BCUT2D eigenvalue weighted by Gasteiger charge is 2.22. The van der Waals surface area contributed by atoms with E-state index in [1.165, 1.54) is 35.1 Å². The Morgan fingerprint density at radius 3 is 2.24 bits per heavy atom. The summed E-state index contributed by atoms with van der Waals surface area (Å²) >= 11 is 0. The van der Waals surface area contributed by atoms with Crippen LogP contribution in [0.15, 0.2) is 42.5 Å². The van der Waals surface area contributed by atoms with E-state index < -0.39 is 0 Å². The molecule has 0 radical (unpaired) electrons. The van der Waals surface area contributed by atoms with E-state index in [1.807, 2.05) is 0 Å². The third-order valence-corrected chi connectivity index (χ3v) is 5.36. The fraction of sp³-hybridized carbons (Fsp3) is 0.478. The van der Waals surface area contributed by atoms with Gasteiger partial charge in [0, 0.05) is 0 Å². The van der Waals surface area contributed by atoms with E-state index in [0.717, 1.165) is 31.8 Å². The second-order valence-electron chi connectivity index (χ2n) is 7.50. The lowest BCUT2D eigenvalue weighted by Crippen LogP contribution is -2.25. The van der Waals surface area contributed by atoms with Gasteiger partial charge in [-0.2, -0.15) is 0 Å². The first-order chi connectivity index (χ1) is 12.1. The SMILES string of the molecule is Cc1ccc(OCC2CCC(OCc3ccc(C)c(C)c3)CC2)cc1. The Morgan fingerprint density at radius 1 is 0.840 bits per heavy atom. The van der Waals surface area contributed by atoms with Gasteiger partial charge in [-0.05, 0) is 81.2 Å². The average Bonchev–Trinajstić information content (AvgIpc) is 2.63. The van der Waals surface area contributed by atoms with E-state index in [0.29, 0.717) is 12.0 Å². The zero-order valence-corrected chi connectivity index (χ0v) is 15.8. The normalized spacial score (nSPS) is 20.4. The quantitative estimate of drug-likeness (QED) is 0.666. The van der Waals surface area contributed by atoms with Crippen LogP contribution in [0.3, 0.4) is 0 Å². The van der Waals surface area contributed by atoms with Crippen molar-refractivity contribution in [2.75, 3.05) is 6.61 Å². The number of benzene rings is 2. The molecule has 0 saturated heterocycles. The Labute approximate surface area is 152 Å². The molecular formula is C23H30O2. The molecule has 0 heterocycles. The van der Waals surface area contributed by atoms with Crippen molar-refractivity contribution in [3.63, 3.8) is 0 Å². The first kappa shape index (κ1) is 18.0. The van der Waals surface area contributed by atoms with Gasteiger partial charge < -0.3 is 9.47 Å². The zero-order chi connectivity index (χ0) is 17.6. The van der Waals surface area contributed by atoms with Crippen molar-refractivity contribution >= 4 is 0 Å². The third-order valence-electron chi connectivity index (χ3n) is 5.36. The molecule has 2 aromatic rings. The molecule has 1 saturated carbocycles. The standard InChI is InChI=1S/C23H30O2/c1-17-4-10-22(11-5-17)24-15-20-8-12-23(13-9-20)25-16-21-7-6-18(2)19(3)14-21/h4-7,10-11,14,20,23H,8-9,12-13,15-16H2,1-3H3. The van der Waals surface area contributed by atoms with Gasteiger partial charge in [0.05, 0.1) is 19.3 Å². The van der Waals surface area contributed by atoms with Crippen molar-refractivity contribution in [2.45, 2.75) is 59.2 Å². The maximum atomic E-state index is 6.15. The van der Waals surface area contributed by atoms with Crippen LogP contribution in [-0.4, -0.2) is 12.7 Å². The van der Waals surface area contributed by atoms with Gasteiger partial charge in [-0.1, -0.05) is 35.9 Å². The van der Waals surface area contributed by atoms with E-state index in [4.69, 9.17) is 9.47 Å². The first-order valence-electron chi connectivity index (χ1n) is 9.47. The predicted molar refractivity (Wildman–Crippen MR) is 103 cm³/mol. The molecule has 2 heteroatoms. The molecule has 3 rings (SSSR count). The first-order valence-corrected chi connectivity index (χ1v) is 9.47. The molecule has 0 spiro atoms. The third kappa shape index (κ3) is 5.34. The molecule has 0 atom stereocenters. The van der Waals surface area contributed by atoms with Crippen LogP contribution in [0.5, 0.6) is 5.75 Å². The van der Waals surface area contributed by atoms with Gasteiger partial charge in [0.25, 0.3) is 0 Å². The van der Waals surface area contributed by atoms with Crippen LogP contribution in [-0.2, 0) is 11.3 Å². The van der Waals surface area contributed by atoms with E-state index in [2.05, 4.69) is 63.2 Å². The molecule has 0 unspecified atom stereocenters. The Bertz CT molecular complexity index is 667. The van der Waals surface area contributed by atoms with Crippen LogP contribution in [0.4, 0.5) is 0 Å². The molecule has 2 nitrogen and oxygen atoms in total. The molecule has 1 aliphatic rings. The summed E-state index contributed by atoms with van der Waals surface area (Å²) in [6.07, 6.45) is 5.09. The minimum Gasteiger partial charge on any atom is -0.493 e. The van der Waals surface area contributed by atoms with E-state index >= 15 is 0 Å². The Balaban J connectivity index is 1.38. The van der Waals surface area contributed by atoms with Crippen LogP contribution in [0, 0.1) is 26.7 Å². The topological polar surface area (TPSA) is 18.5 Å². The second-order valence-corrected chi connectivity index (χ2v) is 7.50. The van der Waals surface area contributed by atoms with Gasteiger partial charge >= 0.3 is 0 Å². The molecule has 134 valence electrons. The lowest BCUT2D eigenvalue weighted by molar-refractivity contribution is 0.00247. The molecule has 1 fully saturated rings. The number of hydrogen-bond acceptors (Lipinski definition) is 2. The van der Waals surface area contributed by atoms with Gasteiger partial charge in [-0.25, -0.2) is 0 Å². The molecule has 0 aromatic heterocycles. The molecule has 0 aliphatic heterocycles. The number of hydrogen-bond donors (Lipinski definition) is 0. The zero-order valence-electron chi connectivity index (χ0n) is 15.8. The van der Waals surface area contributed by atoms with Crippen LogP contribution < -0.4 is 4.74 Å². The molecule has 2 aromatic carbocycles. The monoisotopic (exact) mass is 338 g/mol. The number of aryl methyl sites for hydroxylation is 3. The lowest BCUT2D eigenvalue weighted by Gasteiger charge is -2.28. The lowest BCUT2D eigenvalue weighted by atomic mass is 9.88. The van der Waals surface area contributed by atoms with Gasteiger partial charge in [-0.15, -0.1) is 0 Å². The van der Waals surface area contributed by atoms with Crippen molar-refractivity contribution in [1.29, 1.82) is 0 Å². The molecule has 0 amide bonds. The van der Waals surface area contributed by atoms with E-state index in [-0.39, 0.29) is 0 Å². The summed E-state index contributed by atoms with van der Waals surface area (Å²) in [6.45, 7) is 7.98. The molecule has 25 heavy (non-hydrogen) atoms. The minimum absolute atomic E-state index is 0.400. The summed E-state index contributed by atoms with van der Waals surface area (Å²) in [5.74, 6) is 1.64. The summed E-state index contributed by atoms with van der Waals surface area (Å²) in [5, 5.41) is 0. The average molecular weight is 338 g/mol. The highest BCUT2D eigenvalue weighted by atomic mass is 16.5. The van der Waals surface area contributed by atoms with Crippen molar-refractivity contribution in [2.24, 2.45) is 5.92 Å². The van der Waals surface area contributed by atoms with Crippen LogP contribution in [0.25, 0.3) is 0 Å². The van der Waals surface area contributed by atoms with Crippen LogP contribution in [0.2, 0.25) is 0 Å². The summed E-state index contributed by atoms with van der Waals surface area (Å²) in [6, 6.07) is 15.0. The summed E-state index contributed by atoms with van der Waals surface area (Å²) in [5.41, 5.74) is 5.25. The largest absolute Gasteiger partial charge is 0.493 e. The van der Waals surface area contributed by atoms with E-state index in [1.54, 1.807) is 0 Å². The number of ether oxygens (including phenoxy) is 2. The molecular weight excluding hydrogens is 308 g/mol. The van der Waals surface area contributed by atoms with Gasteiger partial charge in [0.2, 0.25) is 0 Å². The van der Waals surface area contributed by atoms with Gasteiger partial charge in [0.1, 0.15) is 5.75 Å². The fourth-order valence-corrected chi connectivity index (χ4v) is 3.42. The van der Waals surface area contributed by atoms with Crippen LogP contribution >= 0.6 is 0 Å². The predicted octanol–water partition coefficient (Wildman–Crippen LogP) is 5.77. The molecule has 0 N–H and O–H groups in total. The van der Waals surface area contributed by atoms with Gasteiger partial charge in [-0.3, -0.25) is 0 Å². The Kier molecular flexibility index (Phi) is 6.14. The molecule has 0 bridgehead atoms. The van der Waals surface area contributed by atoms with Crippen molar-refractivity contribution in [1.82, 2.24) is 0 Å². The number of rotatable bonds is 6. The van der Waals surface area contributed by atoms with Crippen LogP contribution in [0.1, 0.15) is 47.9 Å². The minimum atomic E-state index is 0.400. The van der Waals surface area contributed by atoms with Crippen molar-refractivity contribution < 1.29 is 9.47 Å². The summed E-state index contributed by atoms with van der Waals surface area (Å²) in [7, 11) is 0. The second kappa shape index (κ2) is 8.53. The highest BCUT2D eigenvalue weighted by Crippen LogP contribution is 2.28. The highest BCUT2D eigenvalue weighted by molar-refractivity contribution is 5.29. The maximum Gasteiger partial charge on any atom is 0.119 e. The Morgan fingerprint density at radius 2 is 1.56 bits per heavy atom. The Hall–Kier alpha value is -1.80. The smallest absolute Gasteiger partial charge is 0.119 e.